The van der Waals surface area contributed by atoms with Crippen LogP contribution in [0.5, 0.6) is 0 Å². The lowest BCUT2D eigenvalue weighted by molar-refractivity contribution is -0.133. The lowest BCUT2D eigenvalue weighted by atomic mass is 10.3. The molecule has 0 aliphatic rings. The Morgan fingerprint density at radius 2 is 2.29 bits per heavy atom. The van der Waals surface area contributed by atoms with Gasteiger partial charge < -0.3 is 14.6 Å². The summed E-state index contributed by atoms with van der Waals surface area (Å²) in [5.41, 5.74) is 1.39. The maximum Gasteiger partial charge on any atom is 0.313 e. The van der Waals surface area contributed by atoms with Crippen molar-refractivity contribution in [3.8, 4) is 0 Å². The van der Waals surface area contributed by atoms with Crippen LogP contribution in [-0.4, -0.2) is 51.4 Å². The second kappa shape index (κ2) is 6.91. The SMILES string of the molecule is CCN(C)CCn1c(SCC(=O)O)nc2cc(F)ccc21. The third-order valence-corrected chi connectivity index (χ3v) is 4.21. The third-order valence-electron chi connectivity index (χ3n) is 3.25. The second-order valence-electron chi connectivity index (χ2n) is 4.76. The van der Waals surface area contributed by atoms with Crippen LogP contribution in [0.2, 0.25) is 0 Å². The first kappa shape index (κ1) is 15.8. The Kier molecular flexibility index (Phi) is 5.19. The summed E-state index contributed by atoms with van der Waals surface area (Å²) in [7, 11) is 2.02. The van der Waals surface area contributed by atoms with Crippen molar-refractivity contribution in [2.24, 2.45) is 0 Å². The minimum absolute atomic E-state index is 0.0601. The van der Waals surface area contributed by atoms with E-state index in [0.717, 1.165) is 30.4 Å². The zero-order valence-electron chi connectivity index (χ0n) is 12.0. The molecule has 0 saturated carbocycles. The average Bonchev–Trinajstić information content (AvgIpc) is 2.79. The molecule has 0 fully saturated rings. The molecule has 0 bridgehead atoms. The molecule has 0 amide bonds. The molecule has 21 heavy (non-hydrogen) atoms. The van der Waals surface area contributed by atoms with Gasteiger partial charge in [-0.25, -0.2) is 9.37 Å². The molecule has 1 heterocycles. The standard InChI is InChI=1S/C14H18FN3O2S/c1-3-17(2)6-7-18-12-5-4-10(15)8-11(12)16-14(18)21-9-13(19)20/h4-5,8H,3,6-7,9H2,1-2H3,(H,19,20). The number of carboxylic acid groups (broad SMARTS) is 1. The molecule has 0 aliphatic carbocycles. The number of halogens is 1. The van der Waals surface area contributed by atoms with Crippen LogP contribution in [-0.2, 0) is 11.3 Å². The van der Waals surface area contributed by atoms with Gasteiger partial charge in [0.1, 0.15) is 5.82 Å². The minimum atomic E-state index is -0.893. The van der Waals surface area contributed by atoms with Crippen LogP contribution in [0.25, 0.3) is 11.0 Å². The van der Waals surface area contributed by atoms with Crippen molar-refractivity contribution in [2.75, 3.05) is 25.9 Å². The molecule has 0 unspecified atom stereocenters. The summed E-state index contributed by atoms with van der Waals surface area (Å²) in [5.74, 6) is -1.29. The summed E-state index contributed by atoms with van der Waals surface area (Å²) in [4.78, 5) is 17.2. The van der Waals surface area contributed by atoms with E-state index in [4.69, 9.17) is 5.11 Å². The first-order valence-corrected chi connectivity index (χ1v) is 7.68. The molecule has 2 rings (SSSR count). The number of hydrogen-bond acceptors (Lipinski definition) is 4. The van der Waals surface area contributed by atoms with Crippen LogP contribution in [0, 0.1) is 5.82 Å². The van der Waals surface area contributed by atoms with E-state index in [1.54, 1.807) is 6.07 Å². The number of carboxylic acids is 1. The summed E-state index contributed by atoms with van der Waals surface area (Å²) in [5, 5.41) is 9.43. The molecule has 1 aromatic carbocycles. The Morgan fingerprint density at radius 3 is 2.95 bits per heavy atom. The predicted octanol–water partition coefficient (Wildman–Crippen LogP) is 2.30. The first-order chi connectivity index (χ1) is 10.0. The normalized spacial score (nSPS) is 11.4. The van der Waals surface area contributed by atoms with Gasteiger partial charge in [-0.1, -0.05) is 18.7 Å². The first-order valence-electron chi connectivity index (χ1n) is 6.70. The second-order valence-corrected chi connectivity index (χ2v) is 5.70. The lowest BCUT2D eigenvalue weighted by Gasteiger charge is -2.15. The number of rotatable bonds is 7. The highest BCUT2D eigenvalue weighted by Gasteiger charge is 2.13. The number of imidazole rings is 1. The molecular formula is C14H18FN3O2S. The van der Waals surface area contributed by atoms with Gasteiger partial charge in [0.05, 0.1) is 16.8 Å². The Labute approximate surface area is 126 Å². The van der Waals surface area contributed by atoms with E-state index in [-0.39, 0.29) is 11.6 Å². The van der Waals surface area contributed by atoms with Crippen molar-refractivity contribution in [2.45, 2.75) is 18.6 Å². The number of fused-ring (bicyclic) bond motifs is 1. The fourth-order valence-electron chi connectivity index (χ4n) is 1.96. The van der Waals surface area contributed by atoms with E-state index >= 15 is 0 Å². The number of hydrogen-bond donors (Lipinski definition) is 1. The number of nitrogens with zero attached hydrogens (tertiary/aromatic N) is 3. The zero-order chi connectivity index (χ0) is 15.4. The fraction of sp³-hybridized carbons (Fsp3) is 0.429. The van der Waals surface area contributed by atoms with E-state index in [0.29, 0.717) is 17.2 Å². The molecule has 0 radical (unpaired) electrons. The topological polar surface area (TPSA) is 58.4 Å². The molecule has 0 saturated heterocycles. The number of carbonyl (C=O) groups is 1. The Morgan fingerprint density at radius 1 is 1.52 bits per heavy atom. The highest BCUT2D eigenvalue weighted by atomic mass is 32.2. The van der Waals surface area contributed by atoms with Gasteiger partial charge in [-0.3, -0.25) is 4.79 Å². The number of thioether (sulfide) groups is 1. The molecule has 114 valence electrons. The highest BCUT2D eigenvalue weighted by Crippen LogP contribution is 2.24. The summed E-state index contributed by atoms with van der Waals surface area (Å²) in [6.07, 6.45) is 0. The number of aliphatic carboxylic acids is 1. The molecule has 0 atom stereocenters. The van der Waals surface area contributed by atoms with Gasteiger partial charge in [-0.05, 0) is 25.7 Å². The summed E-state index contributed by atoms with van der Waals surface area (Å²) < 4.78 is 15.3. The van der Waals surface area contributed by atoms with E-state index in [2.05, 4.69) is 16.8 Å². The van der Waals surface area contributed by atoms with E-state index in [1.807, 2.05) is 11.6 Å². The molecular weight excluding hydrogens is 293 g/mol. The van der Waals surface area contributed by atoms with Gasteiger partial charge in [-0.2, -0.15) is 0 Å². The van der Waals surface area contributed by atoms with Gasteiger partial charge in [0.25, 0.3) is 0 Å². The monoisotopic (exact) mass is 311 g/mol. The summed E-state index contributed by atoms with van der Waals surface area (Å²) in [6, 6.07) is 4.46. The van der Waals surface area contributed by atoms with Crippen LogP contribution in [0.3, 0.4) is 0 Å². The van der Waals surface area contributed by atoms with Gasteiger partial charge in [0.2, 0.25) is 0 Å². The van der Waals surface area contributed by atoms with Crippen LogP contribution in [0.1, 0.15) is 6.92 Å². The van der Waals surface area contributed by atoms with E-state index in [1.165, 1.54) is 12.1 Å². The fourth-order valence-corrected chi connectivity index (χ4v) is 2.72. The Balaban J connectivity index is 2.32. The molecule has 7 heteroatoms. The van der Waals surface area contributed by atoms with Gasteiger partial charge >= 0.3 is 5.97 Å². The smallest absolute Gasteiger partial charge is 0.313 e. The Hall–Kier alpha value is -1.60. The van der Waals surface area contributed by atoms with Crippen LogP contribution in [0.15, 0.2) is 23.4 Å². The quantitative estimate of drug-likeness (QED) is 0.795. The van der Waals surface area contributed by atoms with Crippen LogP contribution >= 0.6 is 11.8 Å². The third kappa shape index (κ3) is 3.95. The number of aromatic nitrogens is 2. The maximum absolute atomic E-state index is 13.3. The Bertz CT molecular complexity index is 644. The molecule has 1 aromatic heterocycles. The van der Waals surface area contributed by atoms with Gasteiger partial charge in [-0.15, -0.1) is 0 Å². The highest BCUT2D eigenvalue weighted by molar-refractivity contribution is 7.99. The van der Waals surface area contributed by atoms with Crippen LogP contribution < -0.4 is 0 Å². The summed E-state index contributed by atoms with van der Waals surface area (Å²) in [6.45, 7) is 4.51. The summed E-state index contributed by atoms with van der Waals surface area (Å²) >= 11 is 1.16. The zero-order valence-corrected chi connectivity index (χ0v) is 12.9. The van der Waals surface area contributed by atoms with Crippen molar-refractivity contribution in [3.05, 3.63) is 24.0 Å². The number of benzene rings is 1. The van der Waals surface area contributed by atoms with Crippen molar-refractivity contribution in [1.29, 1.82) is 0 Å². The lowest BCUT2D eigenvalue weighted by Crippen LogP contribution is -2.23. The minimum Gasteiger partial charge on any atom is -0.481 e. The van der Waals surface area contributed by atoms with Crippen molar-refractivity contribution >= 4 is 28.8 Å². The average molecular weight is 311 g/mol. The maximum atomic E-state index is 13.3. The molecule has 0 aliphatic heterocycles. The molecule has 1 N–H and O–H groups in total. The van der Waals surface area contributed by atoms with E-state index < -0.39 is 5.97 Å². The van der Waals surface area contributed by atoms with Gasteiger partial charge in [0, 0.05) is 19.2 Å². The molecule has 0 spiro atoms. The molecule has 2 aromatic rings. The van der Waals surface area contributed by atoms with Gasteiger partial charge in [0.15, 0.2) is 5.16 Å². The molecule has 5 nitrogen and oxygen atoms in total. The van der Waals surface area contributed by atoms with Crippen molar-refractivity contribution in [1.82, 2.24) is 14.5 Å². The number of likely N-dealkylation sites (N-methyl/N-ethyl adjacent to an activating group) is 1. The predicted molar refractivity (Wildman–Crippen MR) is 81.2 cm³/mol. The van der Waals surface area contributed by atoms with Crippen molar-refractivity contribution in [3.63, 3.8) is 0 Å². The largest absolute Gasteiger partial charge is 0.481 e. The van der Waals surface area contributed by atoms with Crippen molar-refractivity contribution < 1.29 is 14.3 Å². The van der Waals surface area contributed by atoms with Crippen LogP contribution in [0.4, 0.5) is 4.39 Å². The van der Waals surface area contributed by atoms with E-state index in [9.17, 15) is 9.18 Å².